The van der Waals surface area contributed by atoms with Crippen molar-refractivity contribution in [3.63, 3.8) is 0 Å². The number of rotatable bonds is 6. The predicted molar refractivity (Wildman–Crippen MR) is 123 cm³/mol. The summed E-state index contributed by atoms with van der Waals surface area (Å²) >= 11 is 0. The fraction of sp³-hybridized carbons (Fsp3) is 0.704. The van der Waals surface area contributed by atoms with E-state index < -0.39 is 0 Å². The summed E-state index contributed by atoms with van der Waals surface area (Å²) in [4.78, 5) is 2.58. The molecule has 1 aromatic rings. The van der Waals surface area contributed by atoms with Crippen molar-refractivity contribution in [3.8, 4) is 0 Å². The molecule has 1 aromatic carbocycles. The van der Waals surface area contributed by atoms with E-state index in [0.29, 0.717) is 16.7 Å². The van der Waals surface area contributed by atoms with Crippen LogP contribution < -0.4 is 0 Å². The molecule has 0 bridgehead atoms. The lowest BCUT2D eigenvalue weighted by atomic mass is 9.60. The minimum absolute atomic E-state index is 0.445. The Labute approximate surface area is 174 Å². The van der Waals surface area contributed by atoms with E-state index in [-0.39, 0.29) is 0 Å². The van der Waals surface area contributed by atoms with Crippen LogP contribution >= 0.6 is 0 Å². The minimum Gasteiger partial charge on any atom is -0.372 e. The van der Waals surface area contributed by atoms with Gasteiger partial charge in [0, 0.05) is 24.7 Å². The molecular weight excluding hydrogens is 338 g/mol. The standard InChI is InChI=1S/C27H43N/c1-7-28(25-11-9-8-10-12-25)21(2)17-22-13-15-23(16-14-22)24-18-26(3,4)20-27(5,6)19-24/h13-16,24-25H,2,7-12,17-20H2,1,3-6H3. The van der Waals surface area contributed by atoms with Crippen LogP contribution in [0.5, 0.6) is 0 Å². The summed E-state index contributed by atoms with van der Waals surface area (Å²) in [6.45, 7) is 17.6. The third kappa shape index (κ3) is 5.43. The van der Waals surface area contributed by atoms with E-state index in [4.69, 9.17) is 0 Å². The molecule has 0 aliphatic heterocycles. The molecule has 0 saturated heterocycles. The van der Waals surface area contributed by atoms with Crippen LogP contribution in [0.1, 0.15) is 103 Å². The Morgan fingerprint density at radius 1 is 0.964 bits per heavy atom. The lowest BCUT2D eigenvalue weighted by Gasteiger charge is -2.45. The van der Waals surface area contributed by atoms with Crippen molar-refractivity contribution < 1.29 is 0 Å². The number of hydrogen-bond donors (Lipinski definition) is 0. The first-order valence-corrected chi connectivity index (χ1v) is 11.7. The summed E-state index contributed by atoms with van der Waals surface area (Å²) in [6, 6.07) is 10.3. The Balaban J connectivity index is 1.64. The van der Waals surface area contributed by atoms with Crippen molar-refractivity contribution in [2.24, 2.45) is 10.8 Å². The Bertz CT molecular complexity index is 629. The number of likely N-dealkylation sites (N-methyl/N-ethyl adjacent to an activating group) is 1. The zero-order valence-corrected chi connectivity index (χ0v) is 19.2. The molecule has 0 radical (unpaired) electrons. The van der Waals surface area contributed by atoms with Crippen molar-refractivity contribution >= 4 is 0 Å². The summed E-state index contributed by atoms with van der Waals surface area (Å²) < 4.78 is 0. The average molecular weight is 382 g/mol. The van der Waals surface area contributed by atoms with Crippen LogP contribution in [0.4, 0.5) is 0 Å². The van der Waals surface area contributed by atoms with Gasteiger partial charge in [0.2, 0.25) is 0 Å². The first kappa shape index (κ1) is 21.5. The maximum atomic E-state index is 4.47. The van der Waals surface area contributed by atoms with Crippen LogP contribution in [0, 0.1) is 10.8 Å². The van der Waals surface area contributed by atoms with E-state index in [9.17, 15) is 0 Å². The molecule has 28 heavy (non-hydrogen) atoms. The van der Waals surface area contributed by atoms with E-state index in [0.717, 1.165) is 19.0 Å². The topological polar surface area (TPSA) is 3.24 Å². The highest BCUT2D eigenvalue weighted by atomic mass is 15.2. The van der Waals surface area contributed by atoms with Gasteiger partial charge in [0.05, 0.1) is 0 Å². The summed E-state index contributed by atoms with van der Waals surface area (Å²) in [6.07, 6.45) is 11.8. The van der Waals surface area contributed by atoms with Gasteiger partial charge in [-0.2, -0.15) is 0 Å². The average Bonchev–Trinajstić information content (AvgIpc) is 2.61. The summed E-state index contributed by atoms with van der Waals surface area (Å²) in [7, 11) is 0. The van der Waals surface area contributed by atoms with Crippen LogP contribution in [0.3, 0.4) is 0 Å². The fourth-order valence-corrected chi connectivity index (χ4v) is 6.46. The van der Waals surface area contributed by atoms with Crippen LogP contribution in [0.25, 0.3) is 0 Å². The van der Waals surface area contributed by atoms with Crippen LogP contribution in [0.2, 0.25) is 0 Å². The second-order valence-electron chi connectivity index (χ2n) is 11.2. The first-order valence-electron chi connectivity index (χ1n) is 11.7. The van der Waals surface area contributed by atoms with Crippen molar-refractivity contribution in [1.29, 1.82) is 0 Å². The molecule has 3 rings (SSSR count). The van der Waals surface area contributed by atoms with Crippen LogP contribution in [0.15, 0.2) is 36.5 Å². The molecule has 156 valence electrons. The van der Waals surface area contributed by atoms with Crippen LogP contribution in [-0.4, -0.2) is 17.5 Å². The van der Waals surface area contributed by atoms with Crippen molar-refractivity contribution in [2.75, 3.05) is 6.54 Å². The van der Waals surface area contributed by atoms with E-state index in [1.165, 1.54) is 68.2 Å². The zero-order chi connectivity index (χ0) is 20.4. The lowest BCUT2D eigenvalue weighted by Crippen LogP contribution is -2.36. The van der Waals surface area contributed by atoms with Gasteiger partial charge in [-0.15, -0.1) is 0 Å². The smallest absolute Gasteiger partial charge is 0.0286 e. The van der Waals surface area contributed by atoms with E-state index in [1.807, 2.05) is 0 Å². The van der Waals surface area contributed by atoms with Crippen molar-refractivity contribution in [3.05, 3.63) is 47.7 Å². The molecule has 2 aliphatic rings. The lowest BCUT2D eigenvalue weighted by molar-refractivity contribution is 0.0969. The normalized spacial score (nSPS) is 22.8. The Morgan fingerprint density at radius 3 is 2.07 bits per heavy atom. The van der Waals surface area contributed by atoms with Gasteiger partial charge in [-0.1, -0.05) is 77.8 Å². The van der Waals surface area contributed by atoms with Gasteiger partial charge in [0.1, 0.15) is 0 Å². The third-order valence-corrected chi connectivity index (χ3v) is 7.18. The van der Waals surface area contributed by atoms with E-state index >= 15 is 0 Å². The number of hydrogen-bond acceptors (Lipinski definition) is 1. The highest BCUT2D eigenvalue weighted by Gasteiger charge is 2.38. The van der Waals surface area contributed by atoms with Crippen molar-refractivity contribution in [2.45, 2.75) is 104 Å². The number of nitrogens with zero attached hydrogens (tertiary/aromatic N) is 1. The monoisotopic (exact) mass is 381 g/mol. The highest BCUT2D eigenvalue weighted by Crippen LogP contribution is 2.51. The first-order chi connectivity index (χ1) is 13.2. The number of allylic oxidation sites excluding steroid dienone is 1. The molecule has 0 amide bonds. The quantitative estimate of drug-likeness (QED) is 0.487. The van der Waals surface area contributed by atoms with E-state index in [1.54, 1.807) is 0 Å². The van der Waals surface area contributed by atoms with Gasteiger partial charge >= 0.3 is 0 Å². The molecule has 0 atom stereocenters. The predicted octanol–water partition coefficient (Wildman–Crippen LogP) is 7.72. The molecule has 0 spiro atoms. The molecule has 1 nitrogen and oxygen atoms in total. The highest BCUT2D eigenvalue weighted by molar-refractivity contribution is 5.29. The minimum atomic E-state index is 0.445. The van der Waals surface area contributed by atoms with Gasteiger partial charge in [-0.05, 0) is 66.9 Å². The second kappa shape index (κ2) is 8.64. The van der Waals surface area contributed by atoms with Gasteiger partial charge in [0.15, 0.2) is 0 Å². The van der Waals surface area contributed by atoms with Gasteiger partial charge in [-0.3, -0.25) is 0 Å². The molecule has 0 N–H and O–H groups in total. The maximum Gasteiger partial charge on any atom is 0.0286 e. The summed E-state index contributed by atoms with van der Waals surface area (Å²) in [5.74, 6) is 0.699. The second-order valence-corrected chi connectivity index (χ2v) is 11.2. The van der Waals surface area contributed by atoms with Gasteiger partial charge in [0.25, 0.3) is 0 Å². The Kier molecular flexibility index (Phi) is 6.62. The molecule has 1 heteroatoms. The molecule has 2 fully saturated rings. The van der Waals surface area contributed by atoms with Gasteiger partial charge < -0.3 is 4.90 Å². The Hall–Kier alpha value is -1.24. The number of benzene rings is 1. The summed E-state index contributed by atoms with van der Waals surface area (Å²) in [5, 5.41) is 0. The molecule has 0 aromatic heterocycles. The zero-order valence-electron chi connectivity index (χ0n) is 19.2. The molecule has 0 unspecified atom stereocenters. The van der Waals surface area contributed by atoms with E-state index in [2.05, 4.69) is 70.4 Å². The molecular formula is C27H43N. The van der Waals surface area contributed by atoms with Crippen molar-refractivity contribution in [1.82, 2.24) is 4.90 Å². The maximum absolute atomic E-state index is 4.47. The van der Waals surface area contributed by atoms with Gasteiger partial charge in [-0.25, -0.2) is 0 Å². The van der Waals surface area contributed by atoms with Crippen LogP contribution in [-0.2, 0) is 6.42 Å². The Morgan fingerprint density at radius 2 is 1.54 bits per heavy atom. The molecule has 2 aliphatic carbocycles. The largest absolute Gasteiger partial charge is 0.372 e. The fourth-order valence-electron chi connectivity index (χ4n) is 6.46. The SMILES string of the molecule is C=C(Cc1ccc(C2CC(C)(C)CC(C)(C)C2)cc1)N(CC)C1CCCCC1. The molecule has 2 saturated carbocycles. The molecule has 0 heterocycles. The third-order valence-electron chi connectivity index (χ3n) is 7.18. The summed E-state index contributed by atoms with van der Waals surface area (Å²) in [5.41, 5.74) is 5.15.